The molecule has 1 heterocycles. The minimum Gasteiger partial charge on any atom is -0.372 e. The van der Waals surface area contributed by atoms with E-state index in [0.29, 0.717) is 18.6 Å². The fraction of sp³-hybridized carbons (Fsp3) is 0.364. The molecule has 0 amide bonds. The van der Waals surface area contributed by atoms with Gasteiger partial charge in [-0.3, -0.25) is 0 Å². The Morgan fingerprint density at radius 3 is 3.07 bits per heavy atom. The third kappa shape index (κ3) is 1.83. The maximum absolute atomic E-state index is 13.6. The summed E-state index contributed by atoms with van der Waals surface area (Å²) in [6.07, 6.45) is 0.168. The second kappa shape index (κ2) is 4.18. The highest BCUT2D eigenvalue weighted by molar-refractivity contribution is 6.30. The molecule has 0 aromatic heterocycles. The van der Waals surface area contributed by atoms with Gasteiger partial charge in [0.25, 0.3) is 0 Å². The minimum absolute atomic E-state index is 0.0692. The quantitative estimate of drug-likeness (QED) is 0.736. The maximum atomic E-state index is 13.6. The van der Waals surface area contributed by atoms with Crippen molar-refractivity contribution in [2.24, 2.45) is 5.92 Å². The zero-order valence-electron chi connectivity index (χ0n) is 7.91. The number of halogens is 2. The predicted octanol–water partition coefficient (Wildman–Crippen LogP) is 3.08. The Hall–Kier alpha value is -1.11. The van der Waals surface area contributed by atoms with Gasteiger partial charge < -0.3 is 4.74 Å². The molecule has 0 bridgehead atoms. The van der Waals surface area contributed by atoms with E-state index in [-0.39, 0.29) is 10.9 Å². The Labute approximate surface area is 92.2 Å². The summed E-state index contributed by atoms with van der Waals surface area (Å²) in [5, 5.41) is 8.94. The second-order valence-electron chi connectivity index (χ2n) is 3.46. The topological polar surface area (TPSA) is 33.0 Å². The summed E-state index contributed by atoms with van der Waals surface area (Å²) < 4.78 is 19.0. The van der Waals surface area contributed by atoms with Crippen LogP contribution in [0.2, 0.25) is 5.02 Å². The van der Waals surface area contributed by atoms with Crippen molar-refractivity contribution in [3.05, 3.63) is 34.6 Å². The van der Waals surface area contributed by atoms with Crippen LogP contribution in [0.1, 0.15) is 18.1 Å². The smallest absolute Gasteiger partial charge is 0.147 e. The van der Waals surface area contributed by atoms with Crippen LogP contribution in [-0.2, 0) is 4.74 Å². The molecule has 1 aliphatic rings. The van der Waals surface area contributed by atoms with Gasteiger partial charge in [-0.25, -0.2) is 4.39 Å². The molecule has 1 aliphatic heterocycles. The molecule has 2 rings (SSSR count). The maximum Gasteiger partial charge on any atom is 0.147 e. The van der Waals surface area contributed by atoms with Gasteiger partial charge in [0, 0.05) is 12.2 Å². The van der Waals surface area contributed by atoms with Crippen LogP contribution in [-0.4, -0.2) is 6.61 Å². The van der Waals surface area contributed by atoms with E-state index in [0.717, 1.165) is 0 Å². The summed E-state index contributed by atoms with van der Waals surface area (Å²) in [6.45, 7) is 0.495. The van der Waals surface area contributed by atoms with Crippen molar-refractivity contribution in [3.63, 3.8) is 0 Å². The lowest BCUT2D eigenvalue weighted by Gasteiger charge is -2.14. The molecule has 1 aromatic rings. The van der Waals surface area contributed by atoms with E-state index >= 15 is 0 Å². The highest BCUT2D eigenvalue weighted by Gasteiger charge is 2.31. The molecule has 2 atom stereocenters. The first-order chi connectivity index (χ1) is 7.24. The van der Waals surface area contributed by atoms with Crippen LogP contribution < -0.4 is 0 Å². The van der Waals surface area contributed by atoms with Crippen LogP contribution in [0.3, 0.4) is 0 Å². The first-order valence-electron chi connectivity index (χ1n) is 4.69. The molecule has 0 saturated carbocycles. The van der Waals surface area contributed by atoms with Gasteiger partial charge in [0.2, 0.25) is 0 Å². The van der Waals surface area contributed by atoms with Crippen molar-refractivity contribution in [1.82, 2.24) is 0 Å². The van der Waals surface area contributed by atoms with E-state index in [9.17, 15) is 4.39 Å². The lowest BCUT2D eigenvalue weighted by atomic mass is 9.96. The van der Waals surface area contributed by atoms with Crippen LogP contribution in [0.25, 0.3) is 0 Å². The van der Waals surface area contributed by atoms with Crippen molar-refractivity contribution >= 4 is 11.6 Å². The Balaban J connectivity index is 2.37. The molecule has 1 aromatic carbocycles. The van der Waals surface area contributed by atoms with E-state index in [1.165, 1.54) is 6.07 Å². The van der Waals surface area contributed by atoms with Gasteiger partial charge in [0.1, 0.15) is 11.9 Å². The van der Waals surface area contributed by atoms with E-state index in [4.69, 9.17) is 21.6 Å². The molecule has 0 N–H and O–H groups in total. The Bertz CT molecular complexity index is 416. The molecular formula is C11H9ClFNO. The Kier molecular flexibility index (Phi) is 2.90. The van der Waals surface area contributed by atoms with Gasteiger partial charge in [-0.1, -0.05) is 23.7 Å². The zero-order valence-corrected chi connectivity index (χ0v) is 8.67. The summed E-state index contributed by atoms with van der Waals surface area (Å²) in [7, 11) is 0. The zero-order chi connectivity index (χ0) is 10.8. The molecule has 0 aliphatic carbocycles. The fourth-order valence-corrected chi connectivity index (χ4v) is 1.95. The molecule has 2 unspecified atom stereocenters. The van der Waals surface area contributed by atoms with Gasteiger partial charge in [-0.2, -0.15) is 5.26 Å². The van der Waals surface area contributed by atoms with E-state index in [1.54, 1.807) is 12.1 Å². The monoisotopic (exact) mass is 225 g/mol. The van der Waals surface area contributed by atoms with E-state index < -0.39 is 11.9 Å². The number of nitriles is 1. The number of benzene rings is 1. The molecule has 78 valence electrons. The van der Waals surface area contributed by atoms with Gasteiger partial charge in [-0.05, 0) is 12.5 Å². The second-order valence-corrected chi connectivity index (χ2v) is 3.87. The van der Waals surface area contributed by atoms with Crippen LogP contribution in [0, 0.1) is 23.1 Å². The molecule has 1 saturated heterocycles. The standard InChI is InChI=1S/C11H9ClFNO/c12-9-3-1-2-8(10(9)13)11-7(6-14)4-5-15-11/h1-3,7,11H,4-5H2. The summed E-state index contributed by atoms with van der Waals surface area (Å²) in [6, 6.07) is 6.88. The number of ether oxygens (including phenoxy) is 1. The Morgan fingerprint density at radius 2 is 2.33 bits per heavy atom. The van der Waals surface area contributed by atoms with Gasteiger partial charge in [0.15, 0.2) is 0 Å². The molecule has 4 heteroatoms. The van der Waals surface area contributed by atoms with Crippen molar-refractivity contribution in [3.8, 4) is 6.07 Å². The fourth-order valence-electron chi connectivity index (χ4n) is 1.77. The number of hydrogen-bond donors (Lipinski definition) is 0. The molecular weight excluding hydrogens is 217 g/mol. The average Bonchev–Trinajstić information content (AvgIpc) is 2.70. The highest BCUT2D eigenvalue weighted by atomic mass is 35.5. The molecule has 15 heavy (non-hydrogen) atoms. The lowest BCUT2D eigenvalue weighted by molar-refractivity contribution is 0.0977. The first kappa shape index (κ1) is 10.4. The van der Waals surface area contributed by atoms with Gasteiger partial charge in [-0.15, -0.1) is 0 Å². The van der Waals surface area contributed by atoms with Gasteiger partial charge in [0.05, 0.1) is 17.0 Å². The van der Waals surface area contributed by atoms with Crippen molar-refractivity contribution in [2.45, 2.75) is 12.5 Å². The minimum atomic E-state index is -0.480. The molecule has 2 nitrogen and oxygen atoms in total. The third-order valence-corrected chi connectivity index (χ3v) is 2.84. The number of nitrogens with zero attached hydrogens (tertiary/aromatic N) is 1. The van der Waals surface area contributed by atoms with Crippen LogP contribution >= 0.6 is 11.6 Å². The highest BCUT2D eigenvalue weighted by Crippen LogP contribution is 2.36. The average molecular weight is 226 g/mol. The molecule has 1 fully saturated rings. The SMILES string of the molecule is N#CC1CCOC1c1cccc(Cl)c1F. The van der Waals surface area contributed by atoms with Crippen LogP contribution in [0.4, 0.5) is 4.39 Å². The van der Waals surface area contributed by atoms with Crippen LogP contribution in [0.5, 0.6) is 0 Å². The van der Waals surface area contributed by atoms with E-state index in [1.807, 2.05) is 0 Å². The van der Waals surface area contributed by atoms with Crippen molar-refractivity contribution in [2.75, 3.05) is 6.61 Å². The Morgan fingerprint density at radius 1 is 1.53 bits per heavy atom. The predicted molar refractivity (Wildman–Crippen MR) is 53.8 cm³/mol. The van der Waals surface area contributed by atoms with Crippen LogP contribution in [0.15, 0.2) is 18.2 Å². The first-order valence-corrected chi connectivity index (χ1v) is 5.07. The van der Waals surface area contributed by atoms with Crippen molar-refractivity contribution < 1.29 is 9.13 Å². The van der Waals surface area contributed by atoms with Gasteiger partial charge >= 0.3 is 0 Å². The summed E-state index contributed by atoms with van der Waals surface area (Å²) in [5.41, 5.74) is 0.381. The number of hydrogen-bond acceptors (Lipinski definition) is 2. The summed E-state index contributed by atoms with van der Waals surface area (Å²) >= 11 is 5.67. The van der Waals surface area contributed by atoms with E-state index in [2.05, 4.69) is 6.07 Å². The normalized spacial score (nSPS) is 25.1. The van der Waals surface area contributed by atoms with Crippen molar-refractivity contribution in [1.29, 1.82) is 5.26 Å². The summed E-state index contributed by atoms with van der Waals surface area (Å²) in [5.74, 6) is -0.760. The number of rotatable bonds is 1. The third-order valence-electron chi connectivity index (χ3n) is 2.55. The lowest BCUT2D eigenvalue weighted by Crippen LogP contribution is -2.07. The largest absolute Gasteiger partial charge is 0.372 e. The summed E-state index contributed by atoms with van der Waals surface area (Å²) in [4.78, 5) is 0. The molecule has 0 radical (unpaired) electrons. The molecule has 0 spiro atoms.